The summed E-state index contributed by atoms with van der Waals surface area (Å²) in [5, 5.41) is 5.53. The molecule has 6 N–H and O–H groups in total. The molecule has 1 heterocycles. The molecule has 13 nitrogen and oxygen atoms in total. The molecule has 61 heavy (non-hydrogen) atoms. The number of esters is 2. The van der Waals surface area contributed by atoms with Gasteiger partial charge in [0.05, 0.1) is 14.2 Å². The molecule has 5 aromatic carbocycles. The predicted octanol–water partition coefficient (Wildman–Crippen LogP) is 7.06. The summed E-state index contributed by atoms with van der Waals surface area (Å²) in [5.74, 6) is -1.04. The molecule has 1 saturated heterocycles. The lowest BCUT2D eigenvalue weighted by molar-refractivity contribution is -0.143. The number of piperidine rings is 1. The highest BCUT2D eigenvalue weighted by Gasteiger charge is 2.43. The van der Waals surface area contributed by atoms with Gasteiger partial charge in [-0.25, -0.2) is 21.0 Å². The number of carbonyl (C=O) groups excluding carboxylic acids is 4. The number of likely N-dealkylation sites (tertiary alicyclic amines) is 1. The average Bonchev–Trinajstić information content (AvgIpc) is 3.62. The Morgan fingerprint density at radius 3 is 1.87 bits per heavy atom. The van der Waals surface area contributed by atoms with Crippen molar-refractivity contribution in [2.24, 2.45) is 5.73 Å². The number of nitrogens with two attached hydrogens (primary N) is 2. The van der Waals surface area contributed by atoms with Crippen LogP contribution in [-0.4, -0.2) is 75.0 Å². The van der Waals surface area contributed by atoms with Crippen molar-refractivity contribution in [2.75, 3.05) is 45.0 Å². The van der Waals surface area contributed by atoms with E-state index in [4.69, 9.17) is 27.5 Å². The number of nitrogen functional groups attached to an aromatic ring is 1. The molecule has 1 aliphatic heterocycles. The largest absolute Gasteiger partial charge is 0.468 e. The molecule has 3 amide bonds. The summed E-state index contributed by atoms with van der Waals surface area (Å²) in [7, 11) is 2.60. The lowest BCUT2D eigenvalue weighted by Crippen LogP contribution is -2.45. The molecule has 0 aromatic heterocycles. The Hall–Kier alpha value is -7.17. The van der Waals surface area contributed by atoms with Gasteiger partial charge in [0.25, 0.3) is 5.54 Å². The van der Waals surface area contributed by atoms with E-state index in [1.807, 2.05) is 78.9 Å². The number of alkyl carbamates (subject to hydrolysis) is 1. The van der Waals surface area contributed by atoms with Gasteiger partial charge in [0, 0.05) is 55.2 Å². The fourth-order valence-corrected chi connectivity index (χ4v) is 7.72. The zero-order valence-corrected chi connectivity index (χ0v) is 34.2. The molecule has 7 rings (SSSR count). The fourth-order valence-electron chi connectivity index (χ4n) is 7.72. The summed E-state index contributed by atoms with van der Waals surface area (Å²) in [6.07, 6.45) is 1.20. The van der Waals surface area contributed by atoms with Gasteiger partial charge in [-0.05, 0) is 64.1 Å². The minimum absolute atomic E-state index is 0.0492. The number of fused-ring (bicyclic) bond motifs is 3. The fraction of sp³-hybridized carbons (Fsp3) is 0.271. The van der Waals surface area contributed by atoms with Crippen LogP contribution in [0.4, 0.5) is 21.0 Å². The van der Waals surface area contributed by atoms with Crippen molar-refractivity contribution in [1.82, 2.24) is 10.2 Å². The number of ether oxygens (including phenoxy) is 3. The van der Waals surface area contributed by atoms with Crippen LogP contribution in [0.15, 0.2) is 127 Å². The van der Waals surface area contributed by atoms with E-state index in [1.54, 1.807) is 29.2 Å². The first-order chi connectivity index (χ1) is 29.5. The van der Waals surface area contributed by atoms with Crippen LogP contribution in [0.1, 0.15) is 46.6 Å². The van der Waals surface area contributed by atoms with E-state index in [0.717, 1.165) is 38.9 Å². The number of hydrogen-bond acceptors (Lipinski definition) is 9. The Kier molecular flexibility index (Phi) is 14.4. The third kappa shape index (κ3) is 10.7. The molecule has 2 atom stereocenters. The lowest BCUT2D eigenvalue weighted by Gasteiger charge is -2.34. The van der Waals surface area contributed by atoms with Gasteiger partial charge >= 0.3 is 24.1 Å². The van der Waals surface area contributed by atoms with Gasteiger partial charge in [0.15, 0.2) is 0 Å². The van der Waals surface area contributed by atoms with Crippen molar-refractivity contribution in [1.29, 1.82) is 0 Å². The third-order valence-electron chi connectivity index (χ3n) is 11.1. The van der Waals surface area contributed by atoms with Gasteiger partial charge in [0.1, 0.15) is 18.7 Å². The molecule has 2 unspecified atom stereocenters. The number of hydrogen-bond donors (Lipinski definition) is 4. The lowest BCUT2D eigenvalue weighted by atomic mass is 9.82. The Bertz CT molecular complexity index is 2290. The monoisotopic (exact) mass is 822 g/mol. The molecule has 2 aliphatic rings. The van der Waals surface area contributed by atoms with Crippen molar-refractivity contribution < 1.29 is 33.4 Å². The topological polar surface area (TPSA) is 180 Å². The number of anilines is 2. The van der Waals surface area contributed by atoms with Gasteiger partial charge in [-0.2, -0.15) is 0 Å². The van der Waals surface area contributed by atoms with E-state index in [-0.39, 0.29) is 25.0 Å². The van der Waals surface area contributed by atoms with Gasteiger partial charge < -0.3 is 46.1 Å². The molecular weight excluding hydrogens is 773 g/mol. The van der Waals surface area contributed by atoms with Crippen LogP contribution >= 0.6 is 0 Å². The molecule has 1 aliphatic carbocycles. The van der Waals surface area contributed by atoms with Crippen molar-refractivity contribution >= 4 is 35.4 Å². The van der Waals surface area contributed by atoms with Crippen LogP contribution in [0.25, 0.3) is 16.0 Å². The highest BCUT2D eigenvalue weighted by molar-refractivity contribution is 5.89. The van der Waals surface area contributed by atoms with Crippen molar-refractivity contribution in [2.45, 2.75) is 49.2 Å². The van der Waals surface area contributed by atoms with E-state index in [2.05, 4.69) is 44.5 Å². The molecule has 0 radical (unpaired) electrons. The van der Waals surface area contributed by atoms with Gasteiger partial charge in [-0.1, -0.05) is 103 Å². The second kappa shape index (κ2) is 20.2. The number of amides is 3. The zero-order chi connectivity index (χ0) is 43.4. The first-order valence-electron chi connectivity index (χ1n) is 20.0. The SMILES string of the molecule is COC(=O)C(Cc1ccc(N)cc1)NC(=O)OCC1c2ccccc2-c2ccccc21.[C-]#[N+]C1(c2ccccc2)CCN(C(=O)Nc2ccc(CC(N)C(=O)OC)cc2)CC1. The maximum absolute atomic E-state index is 12.7. The maximum atomic E-state index is 12.7. The Balaban J connectivity index is 0.000000204. The normalized spacial score (nSPS) is 14.6. The summed E-state index contributed by atoms with van der Waals surface area (Å²) in [5.41, 5.74) is 19.5. The van der Waals surface area contributed by atoms with Crippen molar-refractivity contribution in [3.05, 3.63) is 167 Å². The zero-order valence-electron chi connectivity index (χ0n) is 34.2. The summed E-state index contributed by atoms with van der Waals surface area (Å²) < 4.78 is 15.0. The molecule has 5 aromatic rings. The predicted molar refractivity (Wildman–Crippen MR) is 233 cm³/mol. The Labute approximate surface area is 355 Å². The van der Waals surface area contributed by atoms with Crippen molar-refractivity contribution in [3.8, 4) is 11.1 Å². The molecular formula is C48H50N6O7. The Morgan fingerprint density at radius 1 is 0.754 bits per heavy atom. The van der Waals surface area contributed by atoms with Crippen LogP contribution in [0.3, 0.4) is 0 Å². The summed E-state index contributed by atoms with van der Waals surface area (Å²) in [6.45, 7) is 8.93. The Morgan fingerprint density at radius 2 is 1.30 bits per heavy atom. The average molecular weight is 823 g/mol. The maximum Gasteiger partial charge on any atom is 0.407 e. The van der Waals surface area contributed by atoms with Gasteiger partial charge in [0.2, 0.25) is 0 Å². The number of urea groups is 1. The van der Waals surface area contributed by atoms with Crippen LogP contribution in [0, 0.1) is 6.57 Å². The smallest absolute Gasteiger partial charge is 0.407 e. The van der Waals surface area contributed by atoms with Crippen LogP contribution in [-0.2, 0) is 42.2 Å². The first kappa shape index (κ1) is 43.4. The quantitative estimate of drug-likeness (QED) is 0.0470. The first-order valence-corrected chi connectivity index (χ1v) is 20.0. The highest BCUT2D eigenvalue weighted by atomic mass is 16.6. The van der Waals surface area contributed by atoms with E-state index in [9.17, 15) is 19.2 Å². The van der Waals surface area contributed by atoms with E-state index >= 15 is 0 Å². The molecule has 314 valence electrons. The summed E-state index contributed by atoms with van der Waals surface area (Å²) in [6, 6.07) is 38.6. The summed E-state index contributed by atoms with van der Waals surface area (Å²) >= 11 is 0. The molecule has 0 bridgehead atoms. The number of rotatable bonds is 11. The number of methoxy groups -OCH3 is 2. The molecule has 0 spiro atoms. The van der Waals surface area contributed by atoms with E-state index < -0.39 is 35.7 Å². The van der Waals surface area contributed by atoms with Gasteiger partial charge in [-0.15, -0.1) is 0 Å². The van der Waals surface area contributed by atoms with Crippen molar-refractivity contribution in [3.63, 3.8) is 0 Å². The number of nitrogens with one attached hydrogen (secondary N) is 2. The second-order valence-electron chi connectivity index (χ2n) is 14.9. The standard InChI is InChI=1S/C25H24N2O4.C23H26N4O3/c1-30-24(28)23(14-16-10-12-17(26)13-11-16)27-25(29)31-15-22-20-8-4-2-6-18(20)19-7-3-5-9-21(19)22;1-25-23(18-6-4-3-5-7-18)12-14-27(15-13-23)22(29)26-19-10-8-17(9-11-19)16-20(24)21(28)30-2/h2-13,22-23H,14-15,26H2,1H3,(H,27,29);3-11,20H,12-16,24H2,2H3,(H,26,29). The number of benzene rings is 5. The minimum atomic E-state index is -0.857. The van der Waals surface area contributed by atoms with E-state index in [1.165, 1.54) is 14.2 Å². The van der Waals surface area contributed by atoms with E-state index in [0.29, 0.717) is 43.7 Å². The third-order valence-corrected chi connectivity index (χ3v) is 11.1. The van der Waals surface area contributed by atoms with Crippen LogP contribution < -0.4 is 22.1 Å². The van der Waals surface area contributed by atoms with Crippen LogP contribution in [0.5, 0.6) is 0 Å². The molecule has 0 saturated carbocycles. The van der Waals surface area contributed by atoms with Crippen LogP contribution in [0.2, 0.25) is 0 Å². The molecule has 1 fully saturated rings. The summed E-state index contributed by atoms with van der Waals surface area (Å²) in [4.78, 5) is 54.5. The number of nitrogens with zero attached hydrogens (tertiary/aromatic N) is 2. The second-order valence-corrected chi connectivity index (χ2v) is 14.9. The minimum Gasteiger partial charge on any atom is -0.468 e. The highest BCUT2D eigenvalue weighted by Crippen LogP contribution is 2.44. The number of carbonyl (C=O) groups is 4. The van der Waals surface area contributed by atoms with Gasteiger partial charge in [-0.3, -0.25) is 4.79 Å². The molecule has 13 heteroatoms.